The second-order valence-corrected chi connectivity index (χ2v) is 4.72. The first-order valence-electron chi connectivity index (χ1n) is 6.73. The van der Waals surface area contributed by atoms with Crippen LogP contribution in [0.1, 0.15) is 30.1 Å². The van der Waals surface area contributed by atoms with Gasteiger partial charge in [0.15, 0.2) is 0 Å². The number of carbonyl (C=O) groups is 2. The van der Waals surface area contributed by atoms with E-state index in [0.717, 1.165) is 6.42 Å². The van der Waals surface area contributed by atoms with E-state index >= 15 is 0 Å². The molecule has 0 amide bonds. The van der Waals surface area contributed by atoms with E-state index in [1.165, 1.54) is 0 Å². The van der Waals surface area contributed by atoms with Crippen LogP contribution in [0.2, 0.25) is 0 Å². The summed E-state index contributed by atoms with van der Waals surface area (Å²) in [5, 5.41) is 9.13. The zero-order valence-corrected chi connectivity index (χ0v) is 11.4. The van der Waals surface area contributed by atoms with E-state index in [-0.39, 0.29) is 0 Å². The van der Waals surface area contributed by atoms with Gasteiger partial charge in [0.1, 0.15) is 11.4 Å². The van der Waals surface area contributed by atoms with Crippen LogP contribution in [-0.4, -0.2) is 41.7 Å². The number of rotatable bonds is 4. The van der Waals surface area contributed by atoms with Crippen LogP contribution in [0.15, 0.2) is 18.3 Å². The van der Waals surface area contributed by atoms with Crippen molar-refractivity contribution in [2.24, 2.45) is 5.92 Å². The summed E-state index contributed by atoms with van der Waals surface area (Å²) in [6.45, 7) is 3.12. The summed E-state index contributed by atoms with van der Waals surface area (Å²) < 4.78 is 5.01. The van der Waals surface area contributed by atoms with Gasteiger partial charge < -0.3 is 14.7 Å². The average molecular weight is 278 g/mol. The van der Waals surface area contributed by atoms with Crippen molar-refractivity contribution in [1.82, 2.24) is 4.98 Å². The summed E-state index contributed by atoms with van der Waals surface area (Å²) in [6.07, 6.45) is 3.03. The molecule has 1 aliphatic rings. The van der Waals surface area contributed by atoms with Gasteiger partial charge in [0.2, 0.25) is 0 Å². The number of hydrogen-bond donors (Lipinski definition) is 1. The Balaban J connectivity index is 2.23. The van der Waals surface area contributed by atoms with Crippen LogP contribution in [-0.2, 0) is 9.53 Å². The molecule has 2 heterocycles. The van der Waals surface area contributed by atoms with Crippen LogP contribution in [0.4, 0.5) is 5.82 Å². The van der Waals surface area contributed by atoms with Crippen LogP contribution in [0.5, 0.6) is 0 Å². The molecule has 2 rings (SSSR count). The molecule has 1 unspecified atom stereocenters. The number of carboxylic acid groups (broad SMARTS) is 1. The zero-order chi connectivity index (χ0) is 14.5. The van der Waals surface area contributed by atoms with Crippen molar-refractivity contribution in [3.8, 4) is 0 Å². The maximum absolute atomic E-state index is 11.9. The Morgan fingerprint density at radius 1 is 1.55 bits per heavy atom. The van der Waals surface area contributed by atoms with Gasteiger partial charge in [-0.15, -0.1) is 0 Å². The van der Waals surface area contributed by atoms with E-state index in [2.05, 4.69) is 4.98 Å². The highest BCUT2D eigenvalue weighted by Crippen LogP contribution is 2.25. The van der Waals surface area contributed by atoms with Crippen molar-refractivity contribution in [3.63, 3.8) is 0 Å². The van der Waals surface area contributed by atoms with Crippen molar-refractivity contribution in [3.05, 3.63) is 23.9 Å². The number of pyridine rings is 1. The SMILES string of the molecule is CCOC(=O)c1cccnc1N1CCCC(C(=O)O)C1. The number of carbonyl (C=O) groups excluding carboxylic acids is 1. The third-order valence-electron chi connectivity index (χ3n) is 3.35. The van der Waals surface area contributed by atoms with E-state index in [1.54, 1.807) is 25.3 Å². The zero-order valence-electron chi connectivity index (χ0n) is 11.4. The fourth-order valence-corrected chi connectivity index (χ4v) is 2.39. The number of ether oxygens (including phenoxy) is 1. The summed E-state index contributed by atoms with van der Waals surface area (Å²) >= 11 is 0. The average Bonchev–Trinajstić information content (AvgIpc) is 2.47. The Bertz CT molecular complexity index is 504. The lowest BCUT2D eigenvalue weighted by Crippen LogP contribution is -2.40. The maximum Gasteiger partial charge on any atom is 0.341 e. The summed E-state index contributed by atoms with van der Waals surface area (Å²) in [5.41, 5.74) is 0.389. The van der Waals surface area contributed by atoms with Gasteiger partial charge in [-0.1, -0.05) is 0 Å². The fourth-order valence-electron chi connectivity index (χ4n) is 2.39. The normalized spacial score (nSPS) is 18.6. The predicted octanol–water partition coefficient (Wildman–Crippen LogP) is 1.56. The van der Waals surface area contributed by atoms with E-state index in [1.807, 2.05) is 4.90 Å². The van der Waals surface area contributed by atoms with Gasteiger partial charge in [-0.25, -0.2) is 9.78 Å². The molecule has 0 radical (unpaired) electrons. The molecule has 1 N–H and O–H groups in total. The summed E-state index contributed by atoms with van der Waals surface area (Å²) in [4.78, 5) is 29.1. The summed E-state index contributed by atoms with van der Waals surface area (Å²) in [5.74, 6) is -1.13. The minimum absolute atomic E-state index is 0.297. The number of aromatic nitrogens is 1. The molecule has 1 saturated heterocycles. The first-order valence-corrected chi connectivity index (χ1v) is 6.73. The molecule has 6 nitrogen and oxygen atoms in total. The van der Waals surface area contributed by atoms with Gasteiger partial charge in [-0.2, -0.15) is 0 Å². The van der Waals surface area contributed by atoms with Crippen LogP contribution in [0.3, 0.4) is 0 Å². The molecule has 0 spiro atoms. The standard InChI is InChI=1S/C14H18N2O4/c1-2-20-14(19)11-6-3-7-15-12(11)16-8-4-5-10(9-16)13(17)18/h3,6-7,10H,2,4-5,8-9H2,1H3,(H,17,18). The van der Waals surface area contributed by atoms with Crippen molar-refractivity contribution in [2.45, 2.75) is 19.8 Å². The molecule has 6 heteroatoms. The van der Waals surface area contributed by atoms with Gasteiger partial charge in [-0.05, 0) is 31.9 Å². The molecular weight excluding hydrogens is 260 g/mol. The Hall–Kier alpha value is -2.11. The number of hydrogen-bond acceptors (Lipinski definition) is 5. The lowest BCUT2D eigenvalue weighted by Gasteiger charge is -2.32. The molecule has 0 aliphatic carbocycles. The number of carboxylic acids is 1. The Kier molecular flexibility index (Phi) is 4.55. The number of piperidine rings is 1. The number of aliphatic carboxylic acids is 1. The number of nitrogens with zero attached hydrogens (tertiary/aromatic N) is 2. The van der Waals surface area contributed by atoms with E-state index < -0.39 is 17.9 Å². The first kappa shape index (κ1) is 14.3. The highest BCUT2D eigenvalue weighted by atomic mass is 16.5. The largest absolute Gasteiger partial charge is 0.481 e. The molecule has 0 bridgehead atoms. The molecular formula is C14H18N2O4. The Labute approximate surface area is 117 Å². The third kappa shape index (κ3) is 3.07. The Morgan fingerprint density at radius 2 is 2.35 bits per heavy atom. The molecule has 0 saturated carbocycles. The van der Waals surface area contributed by atoms with Gasteiger partial charge >= 0.3 is 11.9 Å². The van der Waals surface area contributed by atoms with Crippen molar-refractivity contribution in [1.29, 1.82) is 0 Å². The minimum atomic E-state index is -0.802. The number of anilines is 1. The first-order chi connectivity index (χ1) is 9.63. The third-order valence-corrected chi connectivity index (χ3v) is 3.35. The lowest BCUT2D eigenvalue weighted by atomic mass is 9.98. The van der Waals surface area contributed by atoms with Crippen molar-refractivity contribution in [2.75, 3.05) is 24.6 Å². The summed E-state index contributed by atoms with van der Waals surface area (Å²) in [6, 6.07) is 3.33. The van der Waals surface area contributed by atoms with Crippen LogP contribution >= 0.6 is 0 Å². The van der Waals surface area contributed by atoms with Crippen molar-refractivity contribution < 1.29 is 19.4 Å². The van der Waals surface area contributed by atoms with Gasteiger partial charge in [-0.3, -0.25) is 4.79 Å². The molecule has 1 atom stereocenters. The molecule has 0 aromatic carbocycles. The maximum atomic E-state index is 11.9. The molecule has 1 aromatic rings. The molecule has 108 valence electrons. The molecule has 1 aromatic heterocycles. The lowest BCUT2D eigenvalue weighted by molar-refractivity contribution is -0.141. The van der Waals surface area contributed by atoms with Gasteiger partial charge in [0.25, 0.3) is 0 Å². The van der Waals surface area contributed by atoms with Crippen LogP contribution < -0.4 is 4.90 Å². The quantitative estimate of drug-likeness (QED) is 0.842. The smallest absolute Gasteiger partial charge is 0.341 e. The van der Waals surface area contributed by atoms with Gasteiger partial charge in [0, 0.05) is 19.3 Å². The van der Waals surface area contributed by atoms with E-state index in [0.29, 0.717) is 37.5 Å². The van der Waals surface area contributed by atoms with Crippen molar-refractivity contribution >= 4 is 17.8 Å². The second kappa shape index (κ2) is 6.36. The minimum Gasteiger partial charge on any atom is -0.481 e. The highest BCUT2D eigenvalue weighted by molar-refractivity contribution is 5.94. The van der Waals surface area contributed by atoms with E-state index in [9.17, 15) is 9.59 Å². The number of esters is 1. The monoisotopic (exact) mass is 278 g/mol. The predicted molar refractivity (Wildman–Crippen MR) is 72.8 cm³/mol. The molecule has 1 fully saturated rings. The van der Waals surface area contributed by atoms with E-state index in [4.69, 9.17) is 9.84 Å². The fraction of sp³-hybridized carbons (Fsp3) is 0.500. The van der Waals surface area contributed by atoms with Gasteiger partial charge in [0.05, 0.1) is 12.5 Å². The highest BCUT2D eigenvalue weighted by Gasteiger charge is 2.28. The van der Waals surface area contributed by atoms with Crippen LogP contribution in [0.25, 0.3) is 0 Å². The van der Waals surface area contributed by atoms with Crippen LogP contribution in [0, 0.1) is 5.92 Å². The molecule has 20 heavy (non-hydrogen) atoms. The Morgan fingerprint density at radius 3 is 3.05 bits per heavy atom. The molecule has 1 aliphatic heterocycles. The topological polar surface area (TPSA) is 79.7 Å². The summed E-state index contributed by atoms with van der Waals surface area (Å²) in [7, 11) is 0. The second-order valence-electron chi connectivity index (χ2n) is 4.72.